The highest BCUT2D eigenvalue weighted by atomic mass is 127. The van der Waals surface area contributed by atoms with Crippen molar-refractivity contribution < 1.29 is 4.74 Å². The summed E-state index contributed by atoms with van der Waals surface area (Å²) in [6.07, 6.45) is 3.62. The second kappa shape index (κ2) is 12.6. The first-order valence-electron chi connectivity index (χ1n) is 7.56. The summed E-state index contributed by atoms with van der Waals surface area (Å²) in [5.41, 5.74) is 5.81. The molecular formula is C14H31IN4O. The molecule has 0 aromatic heterocycles. The Morgan fingerprint density at radius 2 is 2.30 bits per heavy atom. The normalized spacial score (nSPS) is 20.5. The van der Waals surface area contributed by atoms with Gasteiger partial charge < -0.3 is 20.7 Å². The first-order valence-corrected chi connectivity index (χ1v) is 7.56. The number of guanidine groups is 1. The average molecular weight is 398 g/mol. The van der Waals surface area contributed by atoms with Crippen molar-refractivity contribution in [3.05, 3.63) is 0 Å². The second-order valence-corrected chi connectivity index (χ2v) is 5.29. The Balaban J connectivity index is 0.00000361. The van der Waals surface area contributed by atoms with Crippen molar-refractivity contribution in [1.82, 2.24) is 10.2 Å². The van der Waals surface area contributed by atoms with Crippen LogP contribution in [-0.4, -0.2) is 56.8 Å². The van der Waals surface area contributed by atoms with Gasteiger partial charge in [-0.15, -0.1) is 24.0 Å². The number of nitrogens with zero attached hydrogens (tertiary/aromatic N) is 2. The number of nitrogens with two attached hydrogens (primary N) is 1. The van der Waals surface area contributed by atoms with E-state index in [-0.39, 0.29) is 24.0 Å². The molecule has 0 aromatic carbocycles. The quantitative estimate of drug-likeness (QED) is 0.283. The number of halogens is 1. The maximum atomic E-state index is 5.81. The summed E-state index contributed by atoms with van der Waals surface area (Å²) >= 11 is 0. The smallest absolute Gasteiger partial charge is 0.188 e. The van der Waals surface area contributed by atoms with Crippen LogP contribution >= 0.6 is 24.0 Å². The predicted octanol–water partition coefficient (Wildman–Crippen LogP) is 1.67. The molecule has 0 aliphatic carbocycles. The van der Waals surface area contributed by atoms with Crippen LogP contribution in [0.15, 0.2) is 4.99 Å². The van der Waals surface area contributed by atoms with Gasteiger partial charge in [-0.3, -0.25) is 4.99 Å². The van der Waals surface area contributed by atoms with E-state index in [2.05, 4.69) is 22.1 Å². The van der Waals surface area contributed by atoms with Crippen molar-refractivity contribution in [2.24, 2.45) is 16.6 Å². The summed E-state index contributed by atoms with van der Waals surface area (Å²) in [4.78, 5) is 6.78. The van der Waals surface area contributed by atoms with E-state index >= 15 is 0 Å². The molecule has 1 aliphatic heterocycles. The minimum Gasteiger partial charge on any atom is -0.382 e. The predicted molar refractivity (Wildman–Crippen MR) is 95.9 cm³/mol. The molecule has 1 atom stereocenters. The largest absolute Gasteiger partial charge is 0.382 e. The summed E-state index contributed by atoms with van der Waals surface area (Å²) in [6.45, 7) is 11.0. The highest BCUT2D eigenvalue weighted by Gasteiger charge is 2.15. The third-order valence-electron chi connectivity index (χ3n) is 3.41. The molecule has 0 spiro atoms. The molecule has 0 saturated carbocycles. The molecule has 6 heteroatoms. The van der Waals surface area contributed by atoms with Gasteiger partial charge in [-0.25, -0.2) is 0 Å². The second-order valence-electron chi connectivity index (χ2n) is 5.29. The standard InChI is InChI=1S/C14H30N4O.HI/c1-3-19-11-5-7-16-14(15)17-8-10-18-9-4-6-13(2)12-18;/h13H,3-12H2,1-2H3,(H3,15,16,17);1H. The molecule has 1 aliphatic rings. The first kappa shape index (κ1) is 19.9. The van der Waals surface area contributed by atoms with Gasteiger partial charge in [-0.05, 0) is 38.6 Å². The molecule has 1 heterocycles. The van der Waals surface area contributed by atoms with E-state index in [0.29, 0.717) is 5.96 Å². The molecule has 0 bridgehead atoms. The Hall–Kier alpha value is -0.0800. The molecule has 20 heavy (non-hydrogen) atoms. The zero-order valence-corrected chi connectivity index (χ0v) is 15.3. The molecule has 0 aromatic rings. The zero-order chi connectivity index (χ0) is 13.9. The molecular weight excluding hydrogens is 367 g/mol. The number of hydrogen-bond donors (Lipinski definition) is 2. The lowest BCUT2D eigenvalue weighted by Crippen LogP contribution is -2.42. The van der Waals surface area contributed by atoms with Gasteiger partial charge in [-0.1, -0.05) is 6.92 Å². The van der Waals surface area contributed by atoms with Gasteiger partial charge in [0.25, 0.3) is 0 Å². The van der Waals surface area contributed by atoms with E-state index in [4.69, 9.17) is 10.5 Å². The molecule has 5 nitrogen and oxygen atoms in total. The molecule has 0 radical (unpaired) electrons. The van der Waals surface area contributed by atoms with Crippen LogP contribution in [-0.2, 0) is 4.74 Å². The third kappa shape index (κ3) is 9.77. The van der Waals surface area contributed by atoms with E-state index in [9.17, 15) is 0 Å². The lowest BCUT2D eigenvalue weighted by Gasteiger charge is -2.30. The van der Waals surface area contributed by atoms with Gasteiger partial charge >= 0.3 is 0 Å². The van der Waals surface area contributed by atoms with Gasteiger partial charge in [-0.2, -0.15) is 0 Å². The van der Waals surface area contributed by atoms with Gasteiger partial charge in [0.15, 0.2) is 5.96 Å². The fourth-order valence-electron chi connectivity index (χ4n) is 2.40. The van der Waals surface area contributed by atoms with Crippen LogP contribution in [0.4, 0.5) is 0 Å². The van der Waals surface area contributed by atoms with Crippen LogP contribution in [0, 0.1) is 5.92 Å². The molecule has 120 valence electrons. The number of ether oxygens (including phenoxy) is 1. The van der Waals surface area contributed by atoms with Gasteiger partial charge in [0.1, 0.15) is 0 Å². The fourth-order valence-corrected chi connectivity index (χ4v) is 2.40. The monoisotopic (exact) mass is 398 g/mol. The topological polar surface area (TPSA) is 62.9 Å². The Kier molecular flexibility index (Phi) is 12.6. The number of rotatable bonds is 8. The van der Waals surface area contributed by atoms with Crippen LogP contribution < -0.4 is 11.1 Å². The molecule has 1 saturated heterocycles. The summed E-state index contributed by atoms with van der Waals surface area (Å²) in [5, 5.41) is 3.18. The average Bonchev–Trinajstić information content (AvgIpc) is 2.38. The van der Waals surface area contributed by atoms with Gasteiger partial charge in [0, 0.05) is 39.4 Å². The number of nitrogens with one attached hydrogen (secondary N) is 1. The van der Waals surface area contributed by atoms with Crippen LogP contribution in [0.25, 0.3) is 0 Å². The molecule has 3 N–H and O–H groups in total. The number of piperidine rings is 1. The van der Waals surface area contributed by atoms with Crippen LogP contribution in [0.5, 0.6) is 0 Å². The number of hydrogen-bond acceptors (Lipinski definition) is 3. The summed E-state index contributed by atoms with van der Waals surface area (Å²) in [6, 6.07) is 0. The van der Waals surface area contributed by atoms with Crippen molar-refractivity contribution in [1.29, 1.82) is 0 Å². The number of likely N-dealkylation sites (tertiary alicyclic amines) is 1. The maximum Gasteiger partial charge on any atom is 0.188 e. The SMILES string of the molecule is CCOCCCN=C(N)NCCN1CCCC(C)C1.I. The van der Waals surface area contributed by atoms with Gasteiger partial charge in [0.05, 0.1) is 0 Å². The van der Waals surface area contributed by atoms with E-state index in [1.807, 2.05) is 6.92 Å². The van der Waals surface area contributed by atoms with Gasteiger partial charge in [0.2, 0.25) is 0 Å². The van der Waals surface area contributed by atoms with E-state index < -0.39 is 0 Å². The Morgan fingerprint density at radius 1 is 1.50 bits per heavy atom. The van der Waals surface area contributed by atoms with E-state index in [1.165, 1.54) is 25.9 Å². The summed E-state index contributed by atoms with van der Waals surface area (Å²) in [5.74, 6) is 1.39. The molecule has 0 amide bonds. The van der Waals surface area contributed by atoms with Crippen molar-refractivity contribution in [3.8, 4) is 0 Å². The van der Waals surface area contributed by atoms with Crippen LogP contribution in [0.2, 0.25) is 0 Å². The van der Waals surface area contributed by atoms with Crippen molar-refractivity contribution in [2.75, 3.05) is 45.9 Å². The van der Waals surface area contributed by atoms with E-state index in [1.54, 1.807) is 0 Å². The Bertz CT molecular complexity index is 264. The van der Waals surface area contributed by atoms with Crippen molar-refractivity contribution >= 4 is 29.9 Å². The first-order chi connectivity index (χ1) is 9.22. The van der Waals surface area contributed by atoms with Crippen LogP contribution in [0.1, 0.15) is 33.1 Å². The minimum absolute atomic E-state index is 0. The zero-order valence-electron chi connectivity index (χ0n) is 12.9. The lowest BCUT2D eigenvalue weighted by molar-refractivity contribution is 0.146. The fraction of sp³-hybridized carbons (Fsp3) is 0.929. The maximum absolute atomic E-state index is 5.81. The summed E-state index contributed by atoms with van der Waals surface area (Å²) in [7, 11) is 0. The van der Waals surface area contributed by atoms with Crippen LogP contribution in [0.3, 0.4) is 0 Å². The van der Waals surface area contributed by atoms with Crippen molar-refractivity contribution in [2.45, 2.75) is 33.1 Å². The third-order valence-corrected chi connectivity index (χ3v) is 3.41. The summed E-state index contributed by atoms with van der Waals surface area (Å²) < 4.78 is 5.25. The molecule has 1 fully saturated rings. The highest BCUT2D eigenvalue weighted by Crippen LogP contribution is 2.14. The Morgan fingerprint density at radius 3 is 3.00 bits per heavy atom. The van der Waals surface area contributed by atoms with E-state index in [0.717, 1.165) is 45.2 Å². The Labute approximate surface area is 140 Å². The molecule has 1 unspecified atom stereocenters. The lowest BCUT2D eigenvalue weighted by atomic mass is 10.0. The highest BCUT2D eigenvalue weighted by molar-refractivity contribution is 14.0. The number of aliphatic imine (C=N–C) groups is 1. The minimum atomic E-state index is 0. The molecule has 1 rings (SSSR count). The van der Waals surface area contributed by atoms with Crippen molar-refractivity contribution in [3.63, 3.8) is 0 Å².